The van der Waals surface area contributed by atoms with E-state index in [0.29, 0.717) is 6.54 Å². The highest BCUT2D eigenvalue weighted by Crippen LogP contribution is 2.32. The van der Waals surface area contributed by atoms with Crippen LogP contribution < -0.4 is 14.3 Å². The first kappa shape index (κ1) is 17.8. The lowest BCUT2D eigenvalue weighted by Crippen LogP contribution is -2.12. The Bertz CT molecular complexity index is 1070. The number of rotatable bonds is 5. The predicted octanol–water partition coefficient (Wildman–Crippen LogP) is 4.68. The minimum Gasteiger partial charge on any atom is -0.454 e. The number of nitrogens with zero attached hydrogens (tertiary/aromatic N) is 3. The number of hydrogen-bond donors (Lipinski definition) is 0. The SMILES string of the molecule is C=CCN=c1scc(-c2ccc(Br)cc2)n1N=Cc1ccc2c(c1)OCO2. The molecule has 4 rings (SSSR count). The fourth-order valence-corrected chi connectivity index (χ4v) is 3.71. The van der Waals surface area contributed by atoms with E-state index < -0.39 is 0 Å². The Labute approximate surface area is 169 Å². The molecule has 7 heteroatoms. The van der Waals surface area contributed by atoms with E-state index in [-0.39, 0.29) is 6.79 Å². The molecule has 0 spiro atoms. The molecule has 3 aromatic rings. The van der Waals surface area contributed by atoms with E-state index >= 15 is 0 Å². The first-order valence-corrected chi connectivity index (χ1v) is 9.94. The van der Waals surface area contributed by atoms with Gasteiger partial charge < -0.3 is 9.47 Å². The Morgan fingerprint density at radius 1 is 1.15 bits per heavy atom. The Hall–Kier alpha value is -2.64. The molecule has 0 saturated heterocycles. The molecule has 0 atom stereocenters. The number of halogens is 1. The minimum atomic E-state index is 0.257. The van der Waals surface area contributed by atoms with Gasteiger partial charge in [0.2, 0.25) is 11.6 Å². The summed E-state index contributed by atoms with van der Waals surface area (Å²) in [7, 11) is 0. The van der Waals surface area contributed by atoms with Gasteiger partial charge >= 0.3 is 0 Å². The number of benzene rings is 2. The van der Waals surface area contributed by atoms with Crippen LogP contribution in [0.15, 0.2) is 75.1 Å². The zero-order chi connectivity index (χ0) is 18.6. The van der Waals surface area contributed by atoms with Gasteiger partial charge in [0, 0.05) is 15.4 Å². The molecule has 0 aliphatic carbocycles. The van der Waals surface area contributed by atoms with Gasteiger partial charge in [-0.25, -0.2) is 4.68 Å². The van der Waals surface area contributed by atoms with Crippen LogP contribution in [0.5, 0.6) is 11.5 Å². The molecular weight excluding hydrogens is 426 g/mol. The summed E-state index contributed by atoms with van der Waals surface area (Å²) in [4.78, 5) is 5.36. The summed E-state index contributed by atoms with van der Waals surface area (Å²) in [6, 6.07) is 13.9. The van der Waals surface area contributed by atoms with Gasteiger partial charge in [-0.2, -0.15) is 5.10 Å². The van der Waals surface area contributed by atoms with E-state index in [2.05, 4.69) is 50.1 Å². The fourth-order valence-electron chi connectivity index (χ4n) is 2.60. The Kier molecular flexibility index (Phi) is 5.22. The van der Waals surface area contributed by atoms with Crippen molar-refractivity contribution in [2.24, 2.45) is 10.1 Å². The molecule has 0 fully saturated rings. The Morgan fingerprint density at radius 3 is 2.78 bits per heavy atom. The highest BCUT2D eigenvalue weighted by atomic mass is 79.9. The van der Waals surface area contributed by atoms with Crippen LogP contribution in [0.1, 0.15) is 5.56 Å². The van der Waals surface area contributed by atoms with Crippen LogP contribution in [0.4, 0.5) is 0 Å². The summed E-state index contributed by atoms with van der Waals surface area (Å²) < 4.78 is 13.7. The normalized spacial score (nSPS) is 13.4. The van der Waals surface area contributed by atoms with Gasteiger partial charge in [0.05, 0.1) is 18.5 Å². The quantitative estimate of drug-likeness (QED) is 0.426. The van der Waals surface area contributed by atoms with E-state index in [1.807, 2.05) is 35.0 Å². The maximum Gasteiger partial charge on any atom is 0.231 e. The summed E-state index contributed by atoms with van der Waals surface area (Å²) >= 11 is 5.03. The Morgan fingerprint density at radius 2 is 1.96 bits per heavy atom. The van der Waals surface area contributed by atoms with Crippen molar-refractivity contribution >= 4 is 33.5 Å². The molecule has 2 heterocycles. The molecule has 1 aromatic heterocycles. The second-order valence-corrected chi connectivity index (χ2v) is 7.46. The number of ether oxygens (including phenoxy) is 2. The number of hydrogen-bond acceptors (Lipinski definition) is 5. The molecule has 0 amide bonds. The average molecular weight is 442 g/mol. The van der Waals surface area contributed by atoms with Gasteiger partial charge in [0.1, 0.15) is 0 Å². The van der Waals surface area contributed by atoms with Crippen molar-refractivity contribution in [2.75, 3.05) is 13.3 Å². The van der Waals surface area contributed by atoms with Crippen LogP contribution in [0.25, 0.3) is 11.3 Å². The second kappa shape index (κ2) is 7.94. The molecule has 2 aromatic carbocycles. The predicted molar refractivity (Wildman–Crippen MR) is 112 cm³/mol. The lowest BCUT2D eigenvalue weighted by Gasteiger charge is -2.04. The van der Waals surface area contributed by atoms with Crippen molar-refractivity contribution in [1.29, 1.82) is 0 Å². The maximum absolute atomic E-state index is 5.43. The lowest BCUT2D eigenvalue weighted by molar-refractivity contribution is 0.174. The van der Waals surface area contributed by atoms with Crippen LogP contribution >= 0.6 is 27.3 Å². The number of aromatic nitrogens is 1. The van der Waals surface area contributed by atoms with Crippen molar-refractivity contribution in [3.63, 3.8) is 0 Å². The van der Waals surface area contributed by atoms with Crippen molar-refractivity contribution in [3.05, 3.63) is 75.3 Å². The molecule has 0 N–H and O–H groups in total. The number of fused-ring (bicyclic) bond motifs is 1. The molecule has 0 saturated carbocycles. The van der Waals surface area contributed by atoms with Crippen molar-refractivity contribution < 1.29 is 9.47 Å². The third kappa shape index (κ3) is 3.89. The second-order valence-electron chi connectivity index (χ2n) is 5.71. The molecule has 136 valence electrons. The summed E-state index contributed by atoms with van der Waals surface area (Å²) in [6.45, 7) is 4.54. The monoisotopic (exact) mass is 441 g/mol. The highest BCUT2D eigenvalue weighted by molar-refractivity contribution is 9.10. The topological polar surface area (TPSA) is 48.1 Å². The maximum atomic E-state index is 5.43. The van der Waals surface area contributed by atoms with Crippen LogP contribution in [0.3, 0.4) is 0 Å². The average Bonchev–Trinajstić information content (AvgIpc) is 3.31. The van der Waals surface area contributed by atoms with E-state index in [1.165, 1.54) is 0 Å². The molecule has 0 bridgehead atoms. The van der Waals surface area contributed by atoms with Gasteiger partial charge in [-0.15, -0.1) is 17.9 Å². The molecule has 5 nitrogen and oxygen atoms in total. The van der Waals surface area contributed by atoms with E-state index in [0.717, 1.165) is 37.6 Å². The molecular formula is C20H16BrN3O2S. The molecule has 27 heavy (non-hydrogen) atoms. The molecule has 0 unspecified atom stereocenters. The third-order valence-corrected chi connectivity index (χ3v) is 5.28. The van der Waals surface area contributed by atoms with Crippen molar-refractivity contribution in [1.82, 2.24) is 4.68 Å². The molecule has 0 radical (unpaired) electrons. The van der Waals surface area contributed by atoms with Crippen LogP contribution in [0, 0.1) is 0 Å². The summed E-state index contributed by atoms with van der Waals surface area (Å²) in [5.41, 5.74) is 2.97. The van der Waals surface area contributed by atoms with Gasteiger partial charge in [-0.05, 0) is 35.9 Å². The van der Waals surface area contributed by atoms with E-state index in [9.17, 15) is 0 Å². The third-order valence-electron chi connectivity index (χ3n) is 3.90. The van der Waals surface area contributed by atoms with Gasteiger partial charge in [-0.3, -0.25) is 4.99 Å². The molecule has 1 aliphatic heterocycles. The van der Waals surface area contributed by atoms with Gasteiger partial charge in [0.25, 0.3) is 0 Å². The summed E-state index contributed by atoms with van der Waals surface area (Å²) in [6.07, 6.45) is 3.56. The summed E-state index contributed by atoms with van der Waals surface area (Å²) in [5.74, 6) is 1.49. The van der Waals surface area contributed by atoms with Crippen LogP contribution in [0.2, 0.25) is 0 Å². The van der Waals surface area contributed by atoms with E-state index in [1.54, 1.807) is 23.6 Å². The first-order chi connectivity index (χ1) is 13.2. The largest absolute Gasteiger partial charge is 0.454 e. The fraction of sp³-hybridized carbons (Fsp3) is 0.100. The Balaban J connectivity index is 1.74. The zero-order valence-electron chi connectivity index (χ0n) is 14.3. The minimum absolute atomic E-state index is 0.257. The van der Waals surface area contributed by atoms with Gasteiger partial charge in [-0.1, -0.05) is 34.1 Å². The van der Waals surface area contributed by atoms with Crippen molar-refractivity contribution in [3.8, 4) is 22.8 Å². The first-order valence-electron chi connectivity index (χ1n) is 8.26. The highest BCUT2D eigenvalue weighted by Gasteiger charge is 2.13. The number of thiazole rings is 1. The summed E-state index contributed by atoms with van der Waals surface area (Å²) in [5, 5.41) is 6.74. The van der Waals surface area contributed by atoms with Crippen LogP contribution in [-0.2, 0) is 0 Å². The van der Waals surface area contributed by atoms with E-state index in [4.69, 9.17) is 9.47 Å². The van der Waals surface area contributed by atoms with Crippen LogP contribution in [-0.4, -0.2) is 24.2 Å². The van der Waals surface area contributed by atoms with Gasteiger partial charge in [0.15, 0.2) is 11.5 Å². The smallest absolute Gasteiger partial charge is 0.231 e. The lowest BCUT2D eigenvalue weighted by atomic mass is 10.2. The standard InChI is InChI=1S/C20H16BrN3O2S/c1-2-9-22-20-24(17(12-27-20)15-4-6-16(21)7-5-15)23-11-14-3-8-18-19(10-14)26-13-25-18/h2-8,10-12H,1,9,13H2. The van der Waals surface area contributed by atoms with Crippen molar-refractivity contribution in [2.45, 2.75) is 0 Å². The molecule has 1 aliphatic rings. The zero-order valence-corrected chi connectivity index (χ0v) is 16.7.